The Bertz CT molecular complexity index is 345. The third-order valence-electron chi connectivity index (χ3n) is 4.85. The van der Waals surface area contributed by atoms with Gasteiger partial charge in [0.25, 0.3) is 0 Å². The molecule has 1 aliphatic carbocycles. The summed E-state index contributed by atoms with van der Waals surface area (Å²) in [5.74, 6) is 0.188. The molecule has 0 bridgehead atoms. The minimum atomic E-state index is -0.619. The van der Waals surface area contributed by atoms with Crippen LogP contribution in [0.2, 0.25) is 0 Å². The Hall–Kier alpha value is -0.640. The lowest BCUT2D eigenvalue weighted by Crippen LogP contribution is -2.54. The number of amides is 1. The molecule has 3 nitrogen and oxygen atoms in total. The van der Waals surface area contributed by atoms with E-state index in [1.165, 1.54) is 19.3 Å². The molecule has 0 saturated heterocycles. The van der Waals surface area contributed by atoms with Crippen molar-refractivity contribution in [1.29, 1.82) is 0 Å². The van der Waals surface area contributed by atoms with Gasteiger partial charge in [-0.05, 0) is 32.6 Å². The van der Waals surface area contributed by atoms with E-state index in [9.17, 15) is 4.79 Å². The molecule has 0 spiro atoms. The smallest absolute Gasteiger partial charge is 0.235 e. The minimum absolute atomic E-state index is 0.188. The van der Waals surface area contributed by atoms with Crippen LogP contribution in [0.5, 0.6) is 0 Å². The molecule has 1 amide bonds. The summed E-state index contributed by atoms with van der Waals surface area (Å²) in [5.41, 5.74) is 5.43. The molecule has 0 heterocycles. The molecular weight excluding hydrogens is 280 g/mol. The first-order chi connectivity index (χ1) is 10.0. The molecule has 122 valence electrons. The van der Waals surface area contributed by atoms with E-state index in [0.29, 0.717) is 11.0 Å². The van der Waals surface area contributed by atoms with E-state index in [1.807, 2.05) is 0 Å². The fourth-order valence-corrected chi connectivity index (χ4v) is 4.07. The van der Waals surface area contributed by atoms with E-state index in [2.05, 4.69) is 25.7 Å². The van der Waals surface area contributed by atoms with Crippen LogP contribution in [-0.2, 0) is 4.79 Å². The molecular formula is C17H32N2OS. The highest BCUT2D eigenvalue weighted by molar-refractivity contribution is 7.80. The lowest BCUT2D eigenvalue weighted by Gasteiger charge is -2.41. The van der Waals surface area contributed by atoms with Crippen molar-refractivity contribution >= 4 is 23.1 Å². The van der Waals surface area contributed by atoms with Crippen molar-refractivity contribution < 1.29 is 4.79 Å². The number of rotatable bonds is 8. The molecule has 0 aromatic rings. The van der Waals surface area contributed by atoms with Gasteiger partial charge in [0.2, 0.25) is 5.91 Å². The van der Waals surface area contributed by atoms with Crippen molar-refractivity contribution in [3.05, 3.63) is 0 Å². The molecule has 21 heavy (non-hydrogen) atoms. The van der Waals surface area contributed by atoms with Gasteiger partial charge >= 0.3 is 0 Å². The maximum Gasteiger partial charge on any atom is 0.235 e. The number of thiocarbonyl (C=S) groups is 1. The zero-order valence-corrected chi connectivity index (χ0v) is 14.8. The molecule has 1 aliphatic rings. The minimum Gasteiger partial charge on any atom is -0.392 e. The Morgan fingerprint density at radius 3 is 2.05 bits per heavy atom. The number of carbonyl (C=O) groups is 1. The highest BCUT2D eigenvalue weighted by Gasteiger charge is 2.43. The van der Waals surface area contributed by atoms with E-state index in [4.69, 9.17) is 18.0 Å². The van der Waals surface area contributed by atoms with Gasteiger partial charge in [-0.25, -0.2) is 0 Å². The summed E-state index contributed by atoms with van der Waals surface area (Å²) in [6.07, 6.45) is 9.45. The molecule has 0 radical (unpaired) electrons. The molecule has 0 aromatic carbocycles. The molecule has 1 saturated carbocycles. The van der Waals surface area contributed by atoms with Gasteiger partial charge in [0, 0.05) is 12.6 Å². The molecule has 1 rings (SSSR count). The fraction of sp³-hybridized carbons (Fsp3) is 0.882. The first-order valence-corrected chi connectivity index (χ1v) is 9.05. The maximum atomic E-state index is 13.3. The van der Waals surface area contributed by atoms with Gasteiger partial charge in [-0.15, -0.1) is 0 Å². The Labute approximate surface area is 135 Å². The van der Waals surface area contributed by atoms with E-state index in [1.54, 1.807) is 0 Å². The van der Waals surface area contributed by atoms with E-state index >= 15 is 0 Å². The van der Waals surface area contributed by atoms with Crippen LogP contribution < -0.4 is 5.73 Å². The summed E-state index contributed by atoms with van der Waals surface area (Å²) in [6.45, 7) is 7.05. The van der Waals surface area contributed by atoms with Crippen molar-refractivity contribution in [2.45, 2.75) is 84.6 Å². The Morgan fingerprint density at radius 2 is 1.67 bits per heavy atom. The van der Waals surface area contributed by atoms with E-state index in [-0.39, 0.29) is 5.91 Å². The van der Waals surface area contributed by atoms with Crippen LogP contribution in [0.25, 0.3) is 0 Å². The topological polar surface area (TPSA) is 46.3 Å². The van der Waals surface area contributed by atoms with Crippen LogP contribution in [0, 0.1) is 5.41 Å². The van der Waals surface area contributed by atoms with Crippen molar-refractivity contribution in [1.82, 2.24) is 4.90 Å². The lowest BCUT2D eigenvalue weighted by atomic mass is 9.77. The highest BCUT2D eigenvalue weighted by atomic mass is 32.1. The van der Waals surface area contributed by atoms with Crippen molar-refractivity contribution in [3.8, 4) is 0 Å². The Kier molecular flexibility index (Phi) is 7.64. The second-order valence-corrected chi connectivity index (χ2v) is 6.77. The van der Waals surface area contributed by atoms with Crippen molar-refractivity contribution in [3.63, 3.8) is 0 Å². The van der Waals surface area contributed by atoms with Crippen LogP contribution in [-0.4, -0.2) is 28.4 Å². The highest BCUT2D eigenvalue weighted by Crippen LogP contribution is 2.35. The van der Waals surface area contributed by atoms with E-state index in [0.717, 1.165) is 45.1 Å². The number of hydrogen-bond acceptors (Lipinski definition) is 2. The summed E-state index contributed by atoms with van der Waals surface area (Å²) >= 11 is 5.34. The van der Waals surface area contributed by atoms with E-state index < -0.39 is 5.41 Å². The van der Waals surface area contributed by atoms with Gasteiger partial charge in [0.15, 0.2) is 0 Å². The van der Waals surface area contributed by atoms with Gasteiger partial charge in [-0.3, -0.25) is 4.79 Å². The molecule has 0 atom stereocenters. The van der Waals surface area contributed by atoms with Gasteiger partial charge < -0.3 is 10.6 Å². The van der Waals surface area contributed by atoms with Gasteiger partial charge in [0.05, 0.1) is 10.4 Å². The van der Waals surface area contributed by atoms with Crippen LogP contribution in [0.1, 0.15) is 78.6 Å². The average molecular weight is 313 g/mol. The number of nitrogens with zero attached hydrogens (tertiary/aromatic N) is 1. The summed E-state index contributed by atoms with van der Waals surface area (Å²) in [5, 5.41) is 0. The first kappa shape index (κ1) is 18.4. The van der Waals surface area contributed by atoms with Crippen LogP contribution in [0.4, 0.5) is 0 Å². The SMILES string of the molecule is CCCC(CCC)(C(=O)N(CC)C1CCCCC1)C(N)=S. The zero-order chi connectivity index (χ0) is 15.9. The molecule has 0 unspecified atom stereocenters. The number of hydrogen-bond donors (Lipinski definition) is 1. The summed E-state index contributed by atoms with van der Waals surface area (Å²) < 4.78 is 0. The largest absolute Gasteiger partial charge is 0.392 e. The predicted octanol–water partition coefficient (Wildman–Crippen LogP) is 4.04. The van der Waals surface area contributed by atoms with Gasteiger partial charge in [0.1, 0.15) is 0 Å². The maximum absolute atomic E-state index is 13.3. The molecule has 0 aliphatic heterocycles. The van der Waals surface area contributed by atoms with Gasteiger partial charge in [-0.2, -0.15) is 0 Å². The normalized spacial score (nSPS) is 16.7. The summed E-state index contributed by atoms with van der Waals surface area (Å²) in [6, 6.07) is 0.388. The first-order valence-electron chi connectivity index (χ1n) is 8.64. The summed E-state index contributed by atoms with van der Waals surface area (Å²) in [4.78, 5) is 15.7. The van der Waals surface area contributed by atoms with Gasteiger partial charge in [-0.1, -0.05) is 58.2 Å². The number of nitrogens with two attached hydrogens (primary N) is 1. The van der Waals surface area contributed by atoms with Crippen LogP contribution >= 0.6 is 12.2 Å². The number of carbonyl (C=O) groups excluding carboxylic acids is 1. The Balaban J connectivity index is 3.02. The fourth-order valence-electron chi connectivity index (χ4n) is 3.78. The quantitative estimate of drug-likeness (QED) is 0.688. The lowest BCUT2D eigenvalue weighted by molar-refractivity contribution is -0.142. The zero-order valence-electron chi connectivity index (χ0n) is 14.0. The van der Waals surface area contributed by atoms with Crippen LogP contribution in [0.3, 0.4) is 0 Å². The third kappa shape index (κ3) is 4.18. The van der Waals surface area contributed by atoms with Crippen molar-refractivity contribution in [2.24, 2.45) is 11.1 Å². The second kappa shape index (κ2) is 8.72. The molecule has 1 fully saturated rings. The summed E-state index contributed by atoms with van der Waals surface area (Å²) in [7, 11) is 0. The van der Waals surface area contributed by atoms with Crippen molar-refractivity contribution in [2.75, 3.05) is 6.54 Å². The standard InChI is InChI=1S/C17H32N2OS/c1-4-12-17(13-5-2,15(18)21)16(20)19(6-3)14-10-8-7-9-11-14/h14H,4-13H2,1-3H3,(H2,18,21). The van der Waals surface area contributed by atoms with Crippen LogP contribution in [0.15, 0.2) is 0 Å². The molecule has 4 heteroatoms. The second-order valence-electron chi connectivity index (χ2n) is 6.33. The molecule has 2 N–H and O–H groups in total. The average Bonchev–Trinajstić information content (AvgIpc) is 2.48. The third-order valence-corrected chi connectivity index (χ3v) is 5.24. The Morgan fingerprint density at radius 1 is 1.14 bits per heavy atom. The predicted molar refractivity (Wildman–Crippen MR) is 93.3 cm³/mol. The monoisotopic (exact) mass is 312 g/mol. The molecule has 0 aromatic heterocycles.